The van der Waals surface area contributed by atoms with Crippen molar-refractivity contribution >= 4 is 22.4 Å². The molecule has 1 aromatic carbocycles. The molecule has 1 amide bonds. The highest BCUT2D eigenvalue weighted by molar-refractivity contribution is 7.86. The molecule has 8 heteroatoms. The summed E-state index contributed by atoms with van der Waals surface area (Å²) in [5, 5.41) is 2.45. The molecule has 1 unspecified atom stereocenters. The van der Waals surface area contributed by atoms with Gasteiger partial charge >= 0.3 is 6.18 Å². The molecule has 0 saturated carbocycles. The number of nitrogens with one attached hydrogen (secondary N) is 1. The molecule has 0 aliphatic heterocycles. The Hall–Kier alpha value is -1.57. The van der Waals surface area contributed by atoms with E-state index in [0.717, 1.165) is 12.1 Å². The Balaban J connectivity index is 2.91. The summed E-state index contributed by atoms with van der Waals surface area (Å²) >= 11 is 0. The van der Waals surface area contributed by atoms with E-state index < -0.39 is 28.4 Å². The fourth-order valence-corrected chi connectivity index (χ4v) is 2.41. The molecular formula is C11H13F3N2O2S. The molecule has 3 N–H and O–H groups in total. The molecule has 0 fully saturated rings. The maximum atomic E-state index is 12.4. The highest BCUT2D eigenvalue weighted by atomic mass is 32.2. The molecule has 0 aromatic heterocycles. The van der Waals surface area contributed by atoms with Gasteiger partial charge in [-0.05, 0) is 25.1 Å². The number of alkyl halides is 3. The number of carbonyl (C=O) groups excluding carboxylic acids is 1. The average molecular weight is 294 g/mol. The highest BCUT2D eigenvalue weighted by Gasteiger charge is 2.31. The molecule has 0 radical (unpaired) electrons. The summed E-state index contributed by atoms with van der Waals surface area (Å²) in [5.74, 6) is -0.774. The number of nitrogens with two attached hydrogens (primary N) is 1. The minimum Gasteiger partial charge on any atom is -0.398 e. The van der Waals surface area contributed by atoms with Crippen LogP contribution >= 0.6 is 0 Å². The summed E-state index contributed by atoms with van der Waals surface area (Å²) in [4.78, 5) is 11.3. The number of halogens is 3. The SMILES string of the molecule is CCNC(=O)CS(=O)c1ccc(C(F)(F)F)cc1N. The van der Waals surface area contributed by atoms with E-state index in [-0.39, 0.29) is 16.3 Å². The number of nitrogen functional groups attached to an aromatic ring is 1. The maximum Gasteiger partial charge on any atom is 0.416 e. The molecule has 1 aromatic rings. The van der Waals surface area contributed by atoms with Gasteiger partial charge in [-0.1, -0.05) is 0 Å². The van der Waals surface area contributed by atoms with E-state index in [1.165, 1.54) is 0 Å². The summed E-state index contributed by atoms with van der Waals surface area (Å²) in [6.07, 6.45) is -4.51. The number of benzene rings is 1. The molecule has 0 saturated heterocycles. The number of amides is 1. The van der Waals surface area contributed by atoms with E-state index in [4.69, 9.17) is 5.73 Å². The zero-order valence-corrected chi connectivity index (χ0v) is 10.9. The second-order valence-electron chi connectivity index (χ2n) is 3.69. The van der Waals surface area contributed by atoms with Crippen LogP contribution in [0.2, 0.25) is 0 Å². The van der Waals surface area contributed by atoms with Crippen LogP contribution in [0.15, 0.2) is 23.1 Å². The number of anilines is 1. The van der Waals surface area contributed by atoms with Crippen molar-refractivity contribution in [3.05, 3.63) is 23.8 Å². The molecule has 0 spiro atoms. The molecule has 19 heavy (non-hydrogen) atoms. The van der Waals surface area contributed by atoms with Crippen molar-refractivity contribution in [2.45, 2.75) is 18.0 Å². The normalized spacial score (nSPS) is 13.1. The summed E-state index contributed by atoms with van der Waals surface area (Å²) in [6, 6.07) is 2.54. The summed E-state index contributed by atoms with van der Waals surface area (Å²) in [6.45, 7) is 2.09. The minimum absolute atomic E-state index is 0.0271. The van der Waals surface area contributed by atoms with Crippen LogP contribution in [0.3, 0.4) is 0 Å². The first-order valence-corrected chi connectivity index (χ1v) is 6.69. The summed E-state index contributed by atoms with van der Waals surface area (Å²) in [7, 11) is -1.77. The second kappa shape index (κ2) is 6.05. The lowest BCUT2D eigenvalue weighted by Gasteiger charge is -2.10. The van der Waals surface area contributed by atoms with Gasteiger partial charge in [-0.15, -0.1) is 0 Å². The van der Waals surface area contributed by atoms with Gasteiger partial charge in [0.05, 0.1) is 21.3 Å². The number of hydrogen-bond donors (Lipinski definition) is 2. The fourth-order valence-electron chi connectivity index (χ4n) is 1.38. The lowest BCUT2D eigenvalue weighted by molar-refractivity contribution is -0.137. The zero-order chi connectivity index (χ0) is 14.6. The van der Waals surface area contributed by atoms with E-state index in [0.29, 0.717) is 12.6 Å². The summed E-state index contributed by atoms with van der Waals surface area (Å²) in [5.41, 5.74) is 4.29. The van der Waals surface area contributed by atoms with Crippen LogP contribution < -0.4 is 11.1 Å². The quantitative estimate of drug-likeness (QED) is 0.827. The van der Waals surface area contributed by atoms with Gasteiger partial charge in [-0.3, -0.25) is 9.00 Å². The Kier molecular flexibility index (Phi) is 4.93. The monoisotopic (exact) mass is 294 g/mol. The van der Waals surface area contributed by atoms with Crippen LogP contribution in [-0.2, 0) is 21.8 Å². The first kappa shape index (κ1) is 15.5. The van der Waals surface area contributed by atoms with Crippen molar-refractivity contribution in [3.63, 3.8) is 0 Å². The lowest BCUT2D eigenvalue weighted by Crippen LogP contribution is -2.28. The third-order valence-corrected chi connectivity index (χ3v) is 3.61. The van der Waals surface area contributed by atoms with Crippen LogP contribution in [0, 0.1) is 0 Å². The van der Waals surface area contributed by atoms with Gasteiger partial charge < -0.3 is 11.1 Å². The van der Waals surface area contributed by atoms with Gasteiger partial charge in [-0.25, -0.2) is 0 Å². The topological polar surface area (TPSA) is 72.2 Å². The van der Waals surface area contributed by atoms with Gasteiger partial charge in [0.25, 0.3) is 0 Å². The van der Waals surface area contributed by atoms with Gasteiger partial charge in [0.2, 0.25) is 5.91 Å². The Morgan fingerprint density at radius 2 is 2.05 bits per heavy atom. The number of hydrogen-bond acceptors (Lipinski definition) is 3. The highest BCUT2D eigenvalue weighted by Crippen LogP contribution is 2.32. The van der Waals surface area contributed by atoms with Crippen LogP contribution in [-0.4, -0.2) is 22.4 Å². The first-order valence-electron chi connectivity index (χ1n) is 5.37. The molecule has 1 atom stereocenters. The number of carbonyl (C=O) groups is 1. The van der Waals surface area contributed by atoms with Gasteiger partial charge in [-0.2, -0.15) is 13.2 Å². The molecule has 4 nitrogen and oxygen atoms in total. The largest absolute Gasteiger partial charge is 0.416 e. The van der Waals surface area contributed by atoms with Crippen molar-refractivity contribution in [3.8, 4) is 0 Å². The Labute approximate surface area is 110 Å². The van der Waals surface area contributed by atoms with Crippen molar-refractivity contribution in [1.29, 1.82) is 0 Å². The molecule has 106 valence electrons. The van der Waals surface area contributed by atoms with Gasteiger partial charge in [0.15, 0.2) is 0 Å². The molecule has 0 heterocycles. The Morgan fingerprint density at radius 3 is 2.53 bits per heavy atom. The van der Waals surface area contributed by atoms with Crippen LogP contribution in [0.1, 0.15) is 12.5 Å². The van der Waals surface area contributed by atoms with Crippen molar-refractivity contribution in [2.75, 3.05) is 18.0 Å². The van der Waals surface area contributed by atoms with E-state index in [1.54, 1.807) is 6.92 Å². The zero-order valence-electron chi connectivity index (χ0n) is 10.1. The van der Waals surface area contributed by atoms with Crippen molar-refractivity contribution in [1.82, 2.24) is 5.32 Å². The number of rotatable bonds is 4. The van der Waals surface area contributed by atoms with Crippen LogP contribution in [0.5, 0.6) is 0 Å². The standard InChI is InChI=1S/C11H13F3N2O2S/c1-2-16-10(17)6-19(18)9-4-3-7(5-8(9)15)11(12,13)14/h3-5H,2,6,15H2,1H3,(H,16,17). The molecule has 0 aliphatic rings. The second-order valence-corrected chi connectivity index (χ2v) is 5.11. The predicted molar refractivity (Wildman–Crippen MR) is 65.8 cm³/mol. The predicted octanol–water partition coefficient (Wildman–Crippen LogP) is 1.53. The van der Waals surface area contributed by atoms with Crippen LogP contribution in [0.25, 0.3) is 0 Å². The summed E-state index contributed by atoms with van der Waals surface area (Å²) < 4.78 is 49.0. The third-order valence-electron chi connectivity index (χ3n) is 2.22. The van der Waals surface area contributed by atoms with E-state index in [9.17, 15) is 22.2 Å². The maximum absolute atomic E-state index is 12.4. The molecular weight excluding hydrogens is 281 g/mol. The van der Waals surface area contributed by atoms with Gasteiger partial charge in [0, 0.05) is 12.2 Å². The first-order chi connectivity index (χ1) is 8.75. The van der Waals surface area contributed by atoms with Crippen LogP contribution in [0.4, 0.5) is 18.9 Å². The van der Waals surface area contributed by atoms with Gasteiger partial charge in [0.1, 0.15) is 5.75 Å². The van der Waals surface area contributed by atoms with E-state index >= 15 is 0 Å². The van der Waals surface area contributed by atoms with Crippen molar-refractivity contribution in [2.24, 2.45) is 0 Å². The minimum atomic E-state index is -4.51. The Bertz CT molecular complexity index is 503. The molecule has 0 aliphatic carbocycles. The molecule has 1 rings (SSSR count). The van der Waals surface area contributed by atoms with Crippen molar-refractivity contribution < 1.29 is 22.2 Å². The lowest BCUT2D eigenvalue weighted by atomic mass is 10.2. The molecule has 0 bridgehead atoms. The fraction of sp³-hybridized carbons (Fsp3) is 0.364. The smallest absolute Gasteiger partial charge is 0.398 e. The third kappa shape index (κ3) is 4.23. The Morgan fingerprint density at radius 1 is 1.42 bits per heavy atom. The average Bonchev–Trinajstić information content (AvgIpc) is 2.27. The van der Waals surface area contributed by atoms with E-state index in [2.05, 4.69) is 5.32 Å². The van der Waals surface area contributed by atoms with E-state index in [1.807, 2.05) is 0 Å².